The molecular weight excluding hydrogens is 440 g/mol. The molecule has 4 heteroatoms. The Morgan fingerprint density at radius 2 is 2.00 bits per heavy atom. The van der Waals surface area contributed by atoms with Gasteiger partial charge in [-0.1, -0.05) is 0 Å². The van der Waals surface area contributed by atoms with Gasteiger partial charge in [-0.3, -0.25) is 0 Å². The van der Waals surface area contributed by atoms with E-state index in [0.29, 0.717) is 2.91 Å². The molecule has 1 heterocycles. The molecule has 3 aliphatic rings. The smallest absolute Gasteiger partial charge is 1.00 e. The predicted octanol–water partition coefficient (Wildman–Crippen LogP) is -1.36. The number of hydrogen-bond donors (Lipinski definition) is 0. The monoisotopic (exact) mass is 456 g/mol. The van der Waals surface area contributed by atoms with Gasteiger partial charge in [-0.2, -0.15) is 0 Å². The van der Waals surface area contributed by atoms with E-state index in [1.807, 2.05) is 3.33 Å². The van der Waals surface area contributed by atoms with Crippen molar-refractivity contribution >= 4 is 14.0 Å². The molecule has 2 unspecified atom stereocenters. The number of allylic oxidation sites excluding steroid dienone is 5. The van der Waals surface area contributed by atoms with Crippen LogP contribution >= 0.6 is 7.92 Å². The van der Waals surface area contributed by atoms with Crippen molar-refractivity contribution in [2.75, 3.05) is 6.16 Å². The number of hydrogen-bond acceptors (Lipinski definition) is 0. The maximum atomic E-state index is 2.60. The van der Waals surface area contributed by atoms with E-state index >= 15 is 0 Å². The molecule has 0 N–H and O–H groups in total. The summed E-state index contributed by atoms with van der Waals surface area (Å²) in [4.78, 5) is 0. The zero-order valence-electron chi connectivity index (χ0n) is 11.2. The summed E-state index contributed by atoms with van der Waals surface area (Å²) in [5, 5.41) is 1.79. The Hall–Kier alpha value is -0.400. The first-order chi connectivity index (χ1) is 8.85. The fraction of sp³-hybridized carbons (Fsp3) is 0.250. The van der Waals surface area contributed by atoms with Crippen LogP contribution < -0.4 is 9.41 Å². The Morgan fingerprint density at radius 3 is 2.80 bits per heavy atom. The normalized spacial score (nSPS) is 27.6. The van der Waals surface area contributed by atoms with E-state index in [9.17, 15) is 0 Å². The van der Waals surface area contributed by atoms with E-state index < -0.39 is 22.9 Å². The second kappa shape index (κ2) is 5.77. The van der Waals surface area contributed by atoms with Gasteiger partial charge in [-0.25, -0.2) is 0 Å². The Morgan fingerprint density at radius 1 is 1.20 bits per heavy atom. The standard InChI is InChI=1S/C16H15P.2FH.Hf/c1-2-17(14-8-4-5-9-14)16-12-11-13-7-3-6-10-15(13)16;;;/h3-4,6-8,10-12H,2,5H2,1H3;2*1H;/q;;;+2/p-2. The van der Waals surface area contributed by atoms with Gasteiger partial charge in [0.1, 0.15) is 0 Å². The van der Waals surface area contributed by atoms with Crippen LogP contribution in [0, 0.1) is 0 Å². The van der Waals surface area contributed by atoms with Gasteiger partial charge in [0.05, 0.1) is 0 Å². The number of rotatable bonds is 1. The minimum atomic E-state index is -0.739. The first kappa shape index (κ1) is 16.0. The third-order valence-electron chi connectivity index (χ3n) is 4.16. The largest absolute Gasteiger partial charge is 1.00 e. The van der Waals surface area contributed by atoms with Crippen LogP contribution in [0.15, 0.2) is 51.1 Å². The number of halogens is 2. The van der Waals surface area contributed by atoms with Gasteiger partial charge in [-0.05, 0) is 0 Å². The quantitative estimate of drug-likeness (QED) is 0.363. The molecular formula is C16H15F2HfP. The third kappa shape index (κ3) is 1.97. The van der Waals surface area contributed by atoms with Gasteiger partial charge in [0.2, 0.25) is 0 Å². The van der Waals surface area contributed by atoms with E-state index in [1.54, 1.807) is 10.9 Å². The van der Waals surface area contributed by atoms with Gasteiger partial charge in [-0.15, -0.1) is 0 Å². The van der Waals surface area contributed by atoms with Crippen LogP contribution in [0.3, 0.4) is 0 Å². The molecule has 2 aliphatic carbocycles. The van der Waals surface area contributed by atoms with Gasteiger partial charge in [0.15, 0.2) is 0 Å². The molecule has 1 aromatic rings. The van der Waals surface area contributed by atoms with Crippen LogP contribution in [0.5, 0.6) is 0 Å². The zero-order valence-corrected chi connectivity index (χ0v) is 15.7. The van der Waals surface area contributed by atoms with E-state index in [-0.39, 0.29) is 17.3 Å². The average molecular weight is 455 g/mol. The van der Waals surface area contributed by atoms with E-state index in [0.717, 1.165) is 0 Å². The summed E-state index contributed by atoms with van der Waals surface area (Å²) < 4.78 is 2.44. The van der Waals surface area contributed by atoms with Crippen molar-refractivity contribution in [2.45, 2.75) is 16.3 Å². The Labute approximate surface area is 130 Å². The Kier molecular flexibility index (Phi) is 4.61. The van der Waals surface area contributed by atoms with Crippen molar-refractivity contribution in [1.29, 1.82) is 0 Å². The molecule has 0 amide bonds. The summed E-state index contributed by atoms with van der Waals surface area (Å²) in [6.07, 6.45) is 12.5. The molecule has 20 heavy (non-hydrogen) atoms. The van der Waals surface area contributed by atoms with Crippen LogP contribution in [0.25, 0.3) is 6.08 Å². The Balaban J connectivity index is 0.000000735. The molecule has 0 saturated carbocycles. The summed E-state index contributed by atoms with van der Waals surface area (Å²) in [7, 11) is 0.0372. The molecule has 102 valence electrons. The van der Waals surface area contributed by atoms with Crippen molar-refractivity contribution in [3.8, 4) is 0 Å². The van der Waals surface area contributed by atoms with Crippen LogP contribution in [0.2, 0.25) is 0 Å². The Bertz CT molecular complexity index is 621. The van der Waals surface area contributed by atoms with Gasteiger partial charge in [0.25, 0.3) is 0 Å². The molecule has 0 aromatic heterocycles. The van der Waals surface area contributed by atoms with Crippen molar-refractivity contribution < 1.29 is 32.3 Å². The maximum absolute atomic E-state index is 2.60. The summed E-state index contributed by atoms with van der Waals surface area (Å²) >= 11 is -0.739. The van der Waals surface area contributed by atoms with Crippen molar-refractivity contribution in [1.82, 2.24) is 0 Å². The first-order valence-corrected chi connectivity index (χ1v) is 11.7. The summed E-state index contributed by atoms with van der Waals surface area (Å²) in [6, 6.07) is 9.12. The average Bonchev–Trinajstić information content (AvgIpc) is 3.05. The second-order valence-corrected chi connectivity index (χ2v) is 15.1. The molecule has 0 saturated heterocycles. The summed E-state index contributed by atoms with van der Waals surface area (Å²) in [6.45, 7) is 2.40. The van der Waals surface area contributed by atoms with Crippen LogP contribution in [0.1, 0.15) is 24.5 Å². The molecule has 2 atom stereocenters. The molecule has 4 rings (SSSR count). The molecule has 0 bridgehead atoms. The molecule has 1 aliphatic heterocycles. The molecule has 0 nitrogen and oxygen atoms in total. The minimum Gasteiger partial charge on any atom is -1.00 e. The van der Waals surface area contributed by atoms with Crippen molar-refractivity contribution in [3.05, 3.63) is 62.3 Å². The van der Waals surface area contributed by atoms with E-state index in [1.165, 1.54) is 18.1 Å². The van der Waals surface area contributed by atoms with Gasteiger partial charge >= 0.3 is 122 Å². The second-order valence-electron chi connectivity index (χ2n) is 5.03. The van der Waals surface area contributed by atoms with Crippen LogP contribution in [-0.4, -0.2) is 6.16 Å². The zero-order chi connectivity index (χ0) is 12.2. The summed E-state index contributed by atoms with van der Waals surface area (Å²) in [5.41, 5.74) is 3.17. The molecule has 0 radical (unpaired) electrons. The van der Waals surface area contributed by atoms with Crippen molar-refractivity contribution in [3.63, 3.8) is 0 Å². The first-order valence-electron chi connectivity index (χ1n) is 6.59. The topological polar surface area (TPSA) is 0 Å². The van der Waals surface area contributed by atoms with Gasteiger partial charge < -0.3 is 9.41 Å². The number of benzene rings is 1. The fourth-order valence-electron chi connectivity index (χ4n) is 3.40. The van der Waals surface area contributed by atoms with E-state index in [2.05, 4.69) is 55.5 Å². The van der Waals surface area contributed by atoms with Gasteiger partial charge in [0, 0.05) is 0 Å². The summed E-state index contributed by atoms with van der Waals surface area (Å²) in [5.74, 6) is 0. The number of fused-ring (bicyclic) bond motifs is 2. The maximum Gasteiger partial charge on any atom is -1.00 e. The van der Waals surface area contributed by atoms with E-state index in [4.69, 9.17) is 0 Å². The third-order valence-corrected chi connectivity index (χ3v) is 17.3. The molecule has 0 fully saturated rings. The van der Waals surface area contributed by atoms with Crippen LogP contribution in [0.4, 0.5) is 0 Å². The molecule has 1 spiro atoms. The predicted molar refractivity (Wildman–Crippen MR) is 75.4 cm³/mol. The molecule has 1 aromatic carbocycles. The van der Waals surface area contributed by atoms with Crippen LogP contribution in [-0.2, 0) is 25.8 Å². The van der Waals surface area contributed by atoms with Crippen molar-refractivity contribution in [2.24, 2.45) is 0 Å². The SMILES string of the molecule is CCP1C2=[C](CC=C2)[Hf+2][C]12C=Cc1ccccc12.[F-].[F-]. The minimum absolute atomic E-state index is 0. The fourth-order valence-corrected chi connectivity index (χ4v) is 18.8.